The number of halogens is 1. The van der Waals surface area contributed by atoms with Crippen molar-refractivity contribution in [1.29, 1.82) is 0 Å². The lowest BCUT2D eigenvalue weighted by Crippen LogP contribution is -2.55. The molecule has 1 aromatic carbocycles. The SMILES string of the molecule is O=C(NOC1CCCCC1)C1(S(=O)(=O)c2ccc(F)cc2)CCSCC1. The molecule has 1 heterocycles. The van der Waals surface area contributed by atoms with Crippen molar-refractivity contribution in [2.24, 2.45) is 0 Å². The van der Waals surface area contributed by atoms with E-state index < -0.39 is 26.3 Å². The first kappa shape index (κ1) is 19.6. The summed E-state index contributed by atoms with van der Waals surface area (Å²) in [5.74, 6) is 0.0455. The Balaban J connectivity index is 1.83. The molecule has 0 bridgehead atoms. The molecule has 0 radical (unpaired) electrons. The van der Waals surface area contributed by atoms with Crippen molar-refractivity contribution in [2.45, 2.75) is 60.7 Å². The molecule has 1 amide bonds. The zero-order chi connectivity index (χ0) is 18.6. The molecule has 8 heteroatoms. The summed E-state index contributed by atoms with van der Waals surface area (Å²) in [6.45, 7) is 0. The van der Waals surface area contributed by atoms with Gasteiger partial charge in [0, 0.05) is 0 Å². The Morgan fingerprint density at radius 1 is 1.12 bits per heavy atom. The van der Waals surface area contributed by atoms with Gasteiger partial charge < -0.3 is 0 Å². The second kappa shape index (κ2) is 8.27. The van der Waals surface area contributed by atoms with Crippen LogP contribution in [0.4, 0.5) is 4.39 Å². The minimum absolute atomic E-state index is 0.0291. The van der Waals surface area contributed by atoms with Gasteiger partial charge in [-0.25, -0.2) is 18.3 Å². The Bertz CT molecular complexity index is 724. The van der Waals surface area contributed by atoms with Crippen molar-refractivity contribution in [3.05, 3.63) is 30.1 Å². The summed E-state index contributed by atoms with van der Waals surface area (Å²) in [5.41, 5.74) is 2.45. The molecule has 26 heavy (non-hydrogen) atoms. The van der Waals surface area contributed by atoms with Crippen molar-refractivity contribution in [3.63, 3.8) is 0 Å². The monoisotopic (exact) mass is 401 g/mol. The number of hydroxylamine groups is 1. The number of benzene rings is 1. The van der Waals surface area contributed by atoms with E-state index in [0.717, 1.165) is 44.2 Å². The van der Waals surface area contributed by atoms with Crippen molar-refractivity contribution in [3.8, 4) is 0 Å². The molecule has 0 atom stereocenters. The van der Waals surface area contributed by atoms with Crippen molar-refractivity contribution >= 4 is 27.5 Å². The minimum atomic E-state index is -3.96. The van der Waals surface area contributed by atoms with Crippen LogP contribution in [0.3, 0.4) is 0 Å². The van der Waals surface area contributed by atoms with Crippen LogP contribution in [0.1, 0.15) is 44.9 Å². The van der Waals surface area contributed by atoms with Crippen LogP contribution in [-0.2, 0) is 19.5 Å². The normalized spacial score (nSPS) is 21.3. The number of hydrogen-bond donors (Lipinski definition) is 1. The van der Waals surface area contributed by atoms with Gasteiger partial charge in [0.05, 0.1) is 11.0 Å². The topological polar surface area (TPSA) is 72.5 Å². The fourth-order valence-electron chi connectivity index (χ4n) is 3.57. The van der Waals surface area contributed by atoms with E-state index >= 15 is 0 Å². The van der Waals surface area contributed by atoms with Crippen LogP contribution in [0.25, 0.3) is 0 Å². The third kappa shape index (κ3) is 3.92. The molecule has 1 aromatic rings. The van der Waals surface area contributed by atoms with Gasteiger partial charge in [-0.1, -0.05) is 19.3 Å². The van der Waals surface area contributed by atoms with Gasteiger partial charge in [0.2, 0.25) is 0 Å². The van der Waals surface area contributed by atoms with Gasteiger partial charge in [-0.3, -0.25) is 9.63 Å². The number of nitrogens with one attached hydrogen (secondary N) is 1. The maximum atomic E-state index is 13.3. The first-order valence-electron chi connectivity index (χ1n) is 9.00. The zero-order valence-corrected chi connectivity index (χ0v) is 16.2. The van der Waals surface area contributed by atoms with Crippen LogP contribution >= 0.6 is 11.8 Å². The van der Waals surface area contributed by atoms with Crippen molar-refractivity contribution < 1.29 is 22.4 Å². The lowest BCUT2D eigenvalue weighted by atomic mass is 9.98. The first-order valence-corrected chi connectivity index (χ1v) is 11.6. The Morgan fingerprint density at radius 3 is 2.35 bits per heavy atom. The van der Waals surface area contributed by atoms with Crippen molar-refractivity contribution in [2.75, 3.05) is 11.5 Å². The molecular formula is C18H24FNO4S2. The average Bonchev–Trinajstić information content (AvgIpc) is 2.67. The number of amides is 1. The molecule has 0 aromatic heterocycles. The number of rotatable bonds is 5. The quantitative estimate of drug-likeness (QED) is 0.606. The second-order valence-corrected chi connectivity index (χ2v) is 10.4. The molecule has 0 spiro atoms. The van der Waals surface area contributed by atoms with E-state index in [-0.39, 0.29) is 23.8 Å². The van der Waals surface area contributed by atoms with Crippen LogP contribution in [0.15, 0.2) is 29.2 Å². The van der Waals surface area contributed by atoms with Gasteiger partial charge in [0.1, 0.15) is 5.82 Å². The molecule has 2 aliphatic rings. The Morgan fingerprint density at radius 2 is 1.73 bits per heavy atom. The van der Waals surface area contributed by atoms with Gasteiger partial charge in [-0.15, -0.1) is 0 Å². The molecule has 0 unspecified atom stereocenters. The second-order valence-electron chi connectivity index (χ2n) is 6.87. The minimum Gasteiger partial charge on any atom is -0.271 e. The zero-order valence-electron chi connectivity index (χ0n) is 14.6. The highest BCUT2D eigenvalue weighted by molar-refractivity contribution is 7.99. The summed E-state index contributed by atoms with van der Waals surface area (Å²) in [6, 6.07) is 4.66. The fourth-order valence-corrected chi connectivity index (χ4v) is 6.99. The van der Waals surface area contributed by atoms with E-state index in [9.17, 15) is 17.6 Å². The molecule has 1 aliphatic heterocycles. The highest BCUT2D eigenvalue weighted by Crippen LogP contribution is 2.38. The Kier molecular flexibility index (Phi) is 6.25. The molecule has 1 N–H and O–H groups in total. The molecule has 5 nitrogen and oxygen atoms in total. The summed E-state index contributed by atoms with van der Waals surface area (Å²) in [5, 5.41) is 0. The number of carbonyl (C=O) groups is 1. The molecule has 1 saturated carbocycles. The van der Waals surface area contributed by atoms with Gasteiger partial charge in [0.15, 0.2) is 14.6 Å². The molecular weight excluding hydrogens is 377 g/mol. The summed E-state index contributed by atoms with van der Waals surface area (Å²) < 4.78 is 38.2. The van der Waals surface area contributed by atoms with Gasteiger partial charge >= 0.3 is 0 Å². The summed E-state index contributed by atoms with van der Waals surface area (Å²) in [4.78, 5) is 18.5. The fraction of sp³-hybridized carbons (Fsp3) is 0.611. The van der Waals surface area contributed by atoms with E-state index in [1.54, 1.807) is 11.8 Å². The van der Waals surface area contributed by atoms with Crippen LogP contribution < -0.4 is 5.48 Å². The van der Waals surface area contributed by atoms with Crippen LogP contribution in [0.2, 0.25) is 0 Å². The molecule has 144 valence electrons. The largest absolute Gasteiger partial charge is 0.271 e. The smallest absolute Gasteiger partial charge is 0.265 e. The maximum absolute atomic E-state index is 13.3. The van der Waals surface area contributed by atoms with Crippen molar-refractivity contribution in [1.82, 2.24) is 5.48 Å². The van der Waals surface area contributed by atoms with E-state index in [2.05, 4.69) is 5.48 Å². The van der Waals surface area contributed by atoms with E-state index in [1.165, 1.54) is 12.1 Å². The highest BCUT2D eigenvalue weighted by atomic mass is 32.2. The predicted octanol–water partition coefficient (Wildman–Crippen LogP) is 3.25. The van der Waals surface area contributed by atoms with Crippen LogP contribution in [0, 0.1) is 5.82 Å². The summed E-state index contributed by atoms with van der Waals surface area (Å²) in [7, 11) is -3.96. The van der Waals surface area contributed by atoms with Gasteiger partial charge in [-0.2, -0.15) is 11.8 Å². The van der Waals surface area contributed by atoms with Gasteiger partial charge in [-0.05, 0) is 61.5 Å². The number of thioether (sulfide) groups is 1. The first-order chi connectivity index (χ1) is 12.5. The maximum Gasteiger partial charge on any atom is 0.265 e. The Labute approximate surface area is 157 Å². The standard InChI is InChI=1S/C18H24FNO4S2/c19-14-6-8-16(9-7-14)26(22,23)18(10-12-25-13-11-18)17(21)20-24-15-4-2-1-3-5-15/h6-9,15H,1-5,10-13H2,(H,20,21). The lowest BCUT2D eigenvalue weighted by Gasteiger charge is -2.35. The van der Waals surface area contributed by atoms with E-state index in [1.807, 2.05) is 0 Å². The highest BCUT2D eigenvalue weighted by Gasteiger charge is 2.52. The molecule has 1 saturated heterocycles. The predicted molar refractivity (Wildman–Crippen MR) is 99.0 cm³/mol. The molecule has 1 aliphatic carbocycles. The molecule has 2 fully saturated rings. The third-order valence-electron chi connectivity index (χ3n) is 5.22. The number of carbonyl (C=O) groups excluding carboxylic acids is 1. The summed E-state index contributed by atoms with van der Waals surface area (Å²) >= 11 is 1.63. The van der Waals surface area contributed by atoms with E-state index in [0.29, 0.717) is 11.5 Å². The Hall–Kier alpha value is -1.12. The third-order valence-corrected chi connectivity index (χ3v) is 8.72. The number of hydrogen-bond acceptors (Lipinski definition) is 5. The van der Waals surface area contributed by atoms with Crippen LogP contribution in [0.5, 0.6) is 0 Å². The van der Waals surface area contributed by atoms with Gasteiger partial charge in [0.25, 0.3) is 5.91 Å². The summed E-state index contributed by atoms with van der Waals surface area (Å²) in [6.07, 6.45) is 5.38. The molecule has 3 rings (SSSR count). The van der Waals surface area contributed by atoms with E-state index in [4.69, 9.17) is 4.84 Å². The average molecular weight is 402 g/mol. The lowest BCUT2D eigenvalue weighted by molar-refractivity contribution is -0.143. The number of sulfone groups is 1. The van der Waals surface area contributed by atoms with Crippen LogP contribution in [-0.4, -0.2) is 36.7 Å².